The number of pyridine rings is 1. The largest absolute Gasteiger partial charge is 0.358 e. The molecule has 0 bridgehead atoms. The van der Waals surface area contributed by atoms with Gasteiger partial charge in [0.2, 0.25) is 11.8 Å². The summed E-state index contributed by atoms with van der Waals surface area (Å²) in [4.78, 5) is 26.8. The van der Waals surface area contributed by atoms with E-state index >= 15 is 0 Å². The number of amides is 2. The topological polar surface area (TPSA) is 71.1 Å². The van der Waals surface area contributed by atoms with Crippen LogP contribution in [0.3, 0.4) is 0 Å². The van der Waals surface area contributed by atoms with Crippen LogP contribution in [0.4, 0.5) is 5.82 Å². The summed E-state index contributed by atoms with van der Waals surface area (Å²) >= 11 is 0. The van der Waals surface area contributed by atoms with Crippen molar-refractivity contribution < 1.29 is 9.59 Å². The van der Waals surface area contributed by atoms with Gasteiger partial charge in [-0.2, -0.15) is 0 Å². The Morgan fingerprint density at radius 1 is 1.44 bits per heavy atom. The maximum absolute atomic E-state index is 11.6. The zero-order chi connectivity index (χ0) is 13.1. The lowest BCUT2D eigenvalue weighted by molar-refractivity contribution is -0.133. The zero-order valence-corrected chi connectivity index (χ0v) is 10.6. The van der Waals surface area contributed by atoms with Crippen LogP contribution in [-0.2, 0) is 9.59 Å². The van der Waals surface area contributed by atoms with E-state index in [-0.39, 0.29) is 17.9 Å². The molecule has 0 aliphatic carbocycles. The quantitative estimate of drug-likeness (QED) is 0.792. The predicted molar refractivity (Wildman–Crippen MR) is 68.1 cm³/mol. The van der Waals surface area contributed by atoms with E-state index < -0.39 is 0 Å². The van der Waals surface area contributed by atoms with Gasteiger partial charge in [0.15, 0.2) is 0 Å². The minimum Gasteiger partial charge on any atom is -0.358 e. The van der Waals surface area contributed by atoms with E-state index in [1.165, 1.54) is 5.56 Å². The number of piperidine rings is 1. The molecule has 0 spiro atoms. The Bertz CT molecular complexity index is 471. The highest BCUT2D eigenvalue weighted by atomic mass is 16.2. The fourth-order valence-electron chi connectivity index (χ4n) is 1.89. The first-order chi connectivity index (χ1) is 8.56. The molecule has 0 aromatic carbocycles. The average Bonchev–Trinajstić information content (AvgIpc) is 2.33. The molecule has 1 fully saturated rings. The molecule has 1 aliphatic heterocycles. The van der Waals surface area contributed by atoms with E-state index in [4.69, 9.17) is 0 Å². The van der Waals surface area contributed by atoms with Crippen LogP contribution < -0.4 is 10.6 Å². The molecular weight excluding hydrogens is 230 g/mol. The molecule has 96 valence electrons. The molecule has 1 saturated heterocycles. The third-order valence-electron chi connectivity index (χ3n) is 3.01. The molecule has 18 heavy (non-hydrogen) atoms. The van der Waals surface area contributed by atoms with Crippen LogP contribution in [0.5, 0.6) is 0 Å². The average molecular weight is 247 g/mol. The number of imide groups is 1. The monoisotopic (exact) mass is 247 g/mol. The molecule has 2 amide bonds. The van der Waals surface area contributed by atoms with Crippen LogP contribution in [0.2, 0.25) is 0 Å². The van der Waals surface area contributed by atoms with Gasteiger partial charge in [0.25, 0.3) is 0 Å². The zero-order valence-electron chi connectivity index (χ0n) is 10.6. The number of anilines is 1. The van der Waals surface area contributed by atoms with Crippen molar-refractivity contribution in [2.75, 3.05) is 5.32 Å². The first kappa shape index (κ1) is 12.5. The van der Waals surface area contributed by atoms with Crippen molar-refractivity contribution in [3.63, 3.8) is 0 Å². The SMILES string of the molecule is CC(C)c1ccnc(N[C@@H]2CCC(=O)NC2=O)c1. The van der Waals surface area contributed by atoms with Gasteiger partial charge < -0.3 is 5.32 Å². The molecular formula is C13H17N3O2. The second-order valence-electron chi connectivity index (χ2n) is 4.78. The summed E-state index contributed by atoms with van der Waals surface area (Å²) in [7, 11) is 0. The minimum atomic E-state index is -0.377. The third kappa shape index (κ3) is 2.85. The van der Waals surface area contributed by atoms with E-state index in [0.29, 0.717) is 24.6 Å². The number of hydrogen-bond donors (Lipinski definition) is 2. The fraction of sp³-hybridized carbons (Fsp3) is 0.462. The second-order valence-corrected chi connectivity index (χ2v) is 4.78. The molecule has 0 radical (unpaired) electrons. The third-order valence-corrected chi connectivity index (χ3v) is 3.01. The molecule has 5 heteroatoms. The molecule has 2 heterocycles. The van der Waals surface area contributed by atoms with Crippen LogP contribution in [0.15, 0.2) is 18.3 Å². The molecule has 0 unspecified atom stereocenters. The lowest BCUT2D eigenvalue weighted by atomic mass is 10.0. The number of rotatable bonds is 3. The van der Waals surface area contributed by atoms with Gasteiger partial charge in [0.1, 0.15) is 11.9 Å². The van der Waals surface area contributed by atoms with Crippen molar-refractivity contribution in [3.8, 4) is 0 Å². The number of aromatic nitrogens is 1. The van der Waals surface area contributed by atoms with Gasteiger partial charge in [0, 0.05) is 12.6 Å². The summed E-state index contributed by atoms with van der Waals surface area (Å²) in [6.45, 7) is 4.20. The number of carbonyl (C=O) groups is 2. The summed E-state index contributed by atoms with van der Waals surface area (Å²) in [5.74, 6) is 0.607. The maximum Gasteiger partial charge on any atom is 0.249 e. The van der Waals surface area contributed by atoms with Crippen LogP contribution in [0.25, 0.3) is 0 Å². The highest BCUT2D eigenvalue weighted by Gasteiger charge is 2.26. The summed E-state index contributed by atoms with van der Waals surface area (Å²) in [6, 6.07) is 3.52. The van der Waals surface area contributed by atoms with E-state index in [2.05, 4.69) is 29.5 Å². The Kier molecular flexibility index (Phi) is 3.60. The molecule has 0 saturated carbocycles. The highest BCUT2D eigenvalue weighted by molar-refractivity contribution is 6.01. The van der Waals surface area contributed by atoms with Crippen molar-refractivity contribution in [3.05, 3.63) is 23.9 Å². The van der Waals surface area contributed by atoms with Crippen LogP contribution in [-0.4, -0.2) is 22.8 Å². The molecule has 1 aromatic rings. The van der Waals surface area contributed by atoms with E-state index in [1.807, 2.05) is 12.1 Å². The normalized spacial score (nSPS) is 19.8. The summed E-state index contributed by atoms with van der Waals surface area (Å²) in [5, 5.41) is 5.39. The molecule has 1 aliphatic rings. The predicted octanol–water partition coefficient (Wildman–Crippen LogP) is 1.42. The first-order valence-electron chi connectivity index (χ1n) is 6.12. The van der Waals surface area contributed by atoms with Gasteiger partial charge in [-0.25, -0.2) is 4.98 Å². The van der Waals surface area contributed by atoms with Crippen molar-refractivity contribution in [2.24, 2.45) is 0 Å². The highest BCUT2D eigenvalue weighted by Crippen LogP contribution is 2.18. The number of nitrogens with zero attached hydrogens (tertiary/aromatic N) is 1. The van der Waals surface area contributed by atoms with Crippen molar-refractivity contribution >= 4 is 17.6 Å². The standard InChI is InChI=1S/C13H17N3O2/c1-8(2)9-5-6-14-11(7-9)15-10-3-4-12(17)16-13(10)18/h5-8,10H,3-4H2,1-2H3,(H,14,15)(H,16,17,18)/t10-/m1/s1. The van der Waals surface area contributed by atoms with Crippen LogP contribution >= 0.6 is 0 Å². The molecule has 5 nitrogen and oxygen atoms in total. The number of hydrogen-bond acceptors (Lipinski definition) is 4. The lowest BCUT2D eigenvalue weighted by Crippen LogP contribution is -2.47. The van der Waals surface area contributed by atoms with Gasteiger partial charge in [-0.3, -0.25) is 14.9 Å². The van der Waals surface area contributed by atoms with Crippen molar-refractivity contribution in [2.45, 2.75) is 38.6 Å². The minimum absolute atomic E-state index is 0.207. The Morgan fingerprint density at radius 2 is 2.22 bits per heavy atom. The number of nitrogens with one attached hydrogen (secondary N) is 2. The van der Waals surface area contributed by atoms with E-state index in [0.717, 1.165) is 0 Å². The molecule has 2 N–H and O–H groups in total. The fourth-order valence-corrected chi connectivity index (χ4v) is 1.89. The van der Waals surface area contributed by atoms with E-state index in [1.54, 1.807) is 6.20 Å². The summed E-state index contributed by atoms with van der Waals surface area (Å²) < 4.78 is 0. The second kappa shape index (κ2) is 5.16. The molecule has 1 aromatic heterocycles. The molecule has 2 rings (SSSR count). The maximum atomic E-state index is 11.6. The van der Waals surface area contributed by atoms with Gasteiger partial charge in [0.05, 0.1) is 0 Å². The Hall–Kier alpha value is -1.91. The van der Waals surface area contributed by atoms with Gasteiger partial charge >= 0.3 is 0 Å². The Morgan fingerprint density at radius 3 is 2.89 bits per heavy atom. The van der Waals surface area contributed by atoms with Crippen LogP contribution in [0.1, 0.15) is 38.2 Å². The summed E-state index contributed by atoms with van der Waals surface area (Å²) in [6.07, 6.45) is 2.61. The van der Waals surface area contributed by atoms with Gasteiger partial charge in [-0.1, -0.05) is 13.8 Å². The Labute approximate surface area is 106 Å². The van der Waals surface area contributed by atoms with E-state index in [9.17, 15) is 9.59 Å². The van der Waals surface area contributed by atoms with Crippen molar-refractivity contribution in [1.82, 2.24) is 10.3 Å². The number of carbonyl (C=O) groups excluding carboxylic acids is 2. The van der Waals surface area contributed by atoms with Gasteiger partial charge in [-0.05, 0) is 30.0 Å². The lowest BCUT2D eigenvalue weighted by Gasteiger charge is -2.22. The van der Waals surface area contributed by atoms with Gasteiger partial charge in [-0.15, -0.1) is 0 Å². The molecule has 1 atom stereocenters. The smallest absolute Gasteiger partial charge is 0.249 e. The summed E-state index contributed by atoms with van der Waals surface area (Å²) in [5.41, 5.74) is 1.17. The first-order valence-corrected chi connectivity index (χ1v) is 6.12. The van der Waals surface area contributed by atoms with Crippen molar-refractivity contribution in [1.29, 1.82) is 0 Å². The van der Waals surface area contributed by atoms with Crippen LogP contribution in [0, 0.1) is 0 Å². The Balaban J connectivity index is 2.07.